The highest BCUT2D eigenvalue weighted by Gasteiger charge is 2.25. The van der Waals surface area contributed by atoms with E-state index in [4.69, 9.17) is 4.74 Å². The van der Waals surface area contributed by atoms with Crippen LogP contribution in [-0.2, 0) is 4.74 Å². The summed E-state index contributed by atoms with van der Waals surface area (Å²) in [5, 5.41) is 0. The van der Waals surface area contributed by atoms with E-state index in [0.29, 0.717) is 5.92 Å². The van der Waals surface area contributed by atoms with E-state index in [1.54, 1.807) is 0 Å². The maximum atomic E-state index is 5.95. The standard InChI is InChI=1S/C13H16INO/c1-10(2)8-13-15(14)9-12(16-13)11-6-4-3-5-7-11/h3-7,9-10,13H,8H2,1-2H3. The van der Waals surface area contributed by atoms with E-state index in [1.807, 2.05) is 18.2 Å². The van der Waals surface area contributed by atoms with Gasteiger partial charge in [0.05, 0.1) is 29.1 Å². The monoisotopic (exact) mass is 329 g/mol. The molecule has 1 heterocycles. The van der Waals surface area contributed by atoms with Crippen LogP contribution in [0.2, 0.25) is 0 Å². The van der Waals surface area contributed by atoms with Gasteiger partial charge in [-0.3, -0.25) is 3.11 Å². The third kappa shape index (κ3) is 2.70. The van der Waals surface area contributed by atoms with Gasteiger partial charge in [0, 0.05) is 12.0 Å². The molecule has 1 aliphatic heterocycles. The zero-order valence-electron chi connectivity index (χ0n) is 9.56. The van der Waals surface area contributed by atoms with Crippen molar-refractivity contribution in [2.45, 2.75) is 26.5 Å². The van der Waals surface area contributed by atoms with Gasteiger partial charge in [0.2, 0.25) is 0 Å². The van der Waals surface area contributed by atoms with Gasteiger partial charge in [-0.25, -0.2) is 0 Å². The molecule has 0 amide bonds. The second-order valence-corrected chi connectivity index (χ2v) is 5.52. The number of rotatable bonds is 3. The topological polar surface area (TPSA) is 12.5 Å². The average Bonchev–Trinajstić information content (AvgIpc) is 2.61. The minimum absolute atomic E-state index is 0.177. The summed E-state index contributed by atoms with van der Waals surface area (Å²) in [5.41, 5.74) is 1.15. The van der Waals surface area contributed by atoms with Crippen LogP contribution in [0.5, 0.6) is 0 Å². The van der Waals surface area contributed by atoms with Gasteiger partial charge in [-0.1, -0.05) is 44.2 Å². The highest BCUT2D eigenvalue weighted by atomic mass is 127. The molecule has 1 aliphatic rings. The summed E-state index contributed by atoms with van der Waals surface area (Å²) in [6.07, 6.45) is 3.30. The van der Waals surface area contributed by atoms with Crippen LogP contribution in [0.3, 0.4) is 0 Å². The number of halogens is 1. The summed E-state index contributed by atoms with van der Waals surface area (Å²) in [6.45, 7) is 4.43. The second kappa shape index (κ2) is 5.08. The molecule has 0 radical (unpaired) electrons. The molecule has 0 saturated heterocycles. The van der Waals surface area contributed by atoms with Crippen LogP contribution < -0.4 is 0 Å². The van der Waals surface area contributed by atoms with Crippen molar-refractivity contribution in [3.05, 3.63) is 42.1 Å². The molecule has 0 spiro atoms. The van der Waals surface area contributed by atoms with Crippen LogP contribution in [0.1, 0.15) is 25.8 Å². The molecule has 0 aromatic heterocycles. The number of hydrogen-bond donors (Lipinski definition) is 0. The summed E-state index contributed by atoms with van der Waals surface area (Å²) in [5.74, 6) is 1.62. The van der Waals surface area contributed by atoms with Crippen LogP contribution in [0.4, 0.5) is 0 Å². The molecule has 0 saturated carbocycles. The lowest BCUT2D eigenvalue weighted by Gasteiger charge is -2.19. The van der Waals surface area contributed by atoms with E-state index in [2.05, 4.69) is 58.2 Å². The Morgan fingerprint density at radius 1 is 1.31 bits per heavy atom. The average molecular weight is 329 g/mol. The Hall–Kier alpha value is -0.710. The van der Waals surface area contributed by atoms with Gasteiger partial charge in [0.25, 0.3) is 0 Å². The first-order valence-electron chi connectivity index (χ1n) is 5.55. The number of ether oxygens (including phenoxy) is 1. The quantitative estimate of drug-likeness (QED) is 0.613. The van der Waals surface area contributed by atoms with Gasteiger partial charge >= 0.3 is 0 Å². The SMILES string of the molecule is CC(C)CC1OC(c2ccccc2)=CN1I. The maximum absolute atomic E-state index is 5.95. The first-order chi connectivity index (χ1) is 7.66. The summed E-state index contributed by atoms with van der Waals surface area (Å²) < 4.78 is 8.08. The van der Waals surface area contributed by atoms with Crippen molar-refractivity contribution in [1.82, 2.24) is 3.11 Å². The van der Waals surface area contributed by atoms with Gasteiger partial charge in [0.15, 0.2) is 6.23 Å². The predicted octanol–water partition coefficient (Wildman–Crippen LogP) is 4.04. The number of benzene rings is 1. The van der Waals surface area contributed by atoms with E-state index in [9.17, 15) is 0 Å². The molecule has 1 aromatic rings. The second-order valence-electron chi connectivity index (χ2n) is 4.41. The zero-order valence-corrected chi connectivity index (χ0v) is 11.7. The third-order valence-electron chi connectivity index (χ3n) is 2.51. The Balaban J connectivity index is 2.08. The lowest BCUT2D eigenvalue weighted by Crippen LogP contribution is -2.21. The van der Waals surface area contributed by atoms with E-state index in [1.165, 1.54) is 0 Å². The molecule has 0 bridgehead atoms. The van der Waals surface area contributed by atoms with Crippen molar-refractivity contribution >= 4 is 28.6 Å². The van der Waals surface area contributed by atoms with Crippen molar-refractivity contribution < 1.29 is 4.74 Å². The van der Waals surface area contributed by atoms with Crippen LogP contribution in [-0.4, -0.2) is 9.34 Å². The van der Waals surface area contributed by atoms with E-state index < -0.39 is 0 Å². The fourth-order valence-electron chi connectivity index (χ4n) is 1.72. The molecule has 1 unspecified atom stereocenters. The summed E-state index contributed by atoms with van der Waals surface area (Å²) in [6, 6.07) is 10.2. The maximum Gasteiger partial charge on any atom is 0.180 e. The fourth-order valence-corrected chi connectivity index (χ4v) is 2.31. The Labute approximate surface area is 111 Å². The first kappa shape index (κ1) is 11.8. The number of nitrogens with zero attached hydrogens (tertiary/aromatic N) is 1. The van der Waals surface area contributed by atoms with E-state index in [0.717, 1.165) is 17.7 Å². The lowest BCUT2D eigenvalue weighted by atomic mass is 10.1. The fraction of sp³-hybridized carbons (Fsp3) is 0.385. The molecule has 3 heteroatoms. The summed E-state index contributed by atoms with van der Waals surface area (Å²) in [4.78, 5) is 0. The summed E-state index contributed by atoms with van der Waals surface area (Å²) >= 11 is 2.30. The Morgan fingerprint density at radius 2 is 2.00 bits per heavy atom. The molecule has 1 atom stereocenters. The zero-order chi connectivity index (χ0) is 11.5. The molecule has 86 valence electrons. The smallest absolute Gasteiger partial charge is 0.180 e. The highest BCUT2D eigenvalue weighted by Crippen LogP contribution is 2.31. The van der Waals surface area contributed by atoms with Gasteiger partial charge in [-0.2, -0.15) is 0 Å². The molecule has 2 nitrogen and oxygen atoms in total. The van der Waals surface area contributed by atoms with Gasteiger partial charge in [-0.05, 0) is 5.92 Å². The Kier molecular flexibility index (Phi) is 3.74. The van der Waals surface area contributed by atoms with E-state index >= 15 is 0 Å². The lowest BCUT2D eigenvalue weighted by molar-refractivity contribution is 0.109. The van der Waals surface area contributed by atoms with Crippen molar-refractivity contribution in [3.63, 3.8) is 0 Å². The minimum Gasteiger partial charge on any atom is -0.468 e. The largest absolute Gasteiger partial charge is 0.468 e. The molecular weight excluding hydrogens is 313 g/mol. The van der Waals surface area contributed by atoms with Gasteiger partial charge in [-0.15, -0.1) is 0 Å². The third-order valence-corrected chi connectivity index (χ3v) is 3.41. The molecule has 2 rings (SSSR count). The van der Waals surface area contributed by atoms with Crippen molar-refractivity contribution in [3.8, 4) is 0 Å². The van der Waals surface area contributed by atoms with Gasteiger partial charge < -0.3 is 4.74 Å². The highest BCUT2D eigenvalue weighted by molar-refractivity contribution is 14.1. The van der Waals surface area contributed by atoms with Crippen molar-refractivity contribution in [2.24, 2.45) is 5.92 Å². The number of hydrogen-bond acceptors (Lipinski definition) is 2. The molecule has 0 N–H and O–H groups in total. The summed E-state index contributed by atoms with van der Waals surface area (Å²) in [7, 11) is 0. The van der Waals surface area contributed by atoms with Crippen LogP contribution >= 0.6 is 22.9 Å². The Morgan fingerprint density at radius 3 is 2.62 bits per heavy atom. The molecule has 0 fully saturated rings. The normalized spacial score (nSPS) is 19.9. The van der Waals surface area contributed by atoms with E-state index in [-0.39, 0.29) is 6.23 Å². The first-order valence-corrected chi connectivity index (χ1v) is 6.51. The van der Waals surface area contributed by atoms with Crippen molar-refractivity contribution in [2.75, 3.05) is 0 Å². The molecule has 0 aliphatic carbocycles. The van der Waals surface area contributed by atoms with Crippen LogP contribution in [0.15, 0.2) is 36.5 Å². The van der Waals surface area contributed by atoms with Gasteiger partial charge in [0.1, 0.15) is 5.76 Å². The van der Waals surface area contributed by atoms with Crippen LogP contribution in [0, 0.1) is 5.92 Å². The molecule has 16 heavy (non-hydrogen) atoms. The Bertz CT molecular complexity index is 375. The molecular formula is C13H16INO. The molecule has 1 aromatic carbocycles. The predicted molar refractivity (Wildman–Crippen MR) is 74.6 cm³/mol. The van der Waals surface area contributed by atoms with Crippen molar-refractivity contribution in [1.29, 1.82) is 0 Å². The van der Waals surface area contributed by atoms with Crippen LogP contribution in [0.25, 0.3) is 5.76 Å². The minimum atomic E-state index is 0.177.